The van der Waals surface area contributed by atoms with Crippen LogP contribution in [-0.4, -0.2) is 19.9 Å². The first-order valence-electron chi connectivity index (χ1n) is 20.8. The van der Waals surface area contributed by atoms with Gasteiger partial charge < -0.3 is 8.83 Å². The van der Waals surface area contributed by atoms with Crippen molar-refractivity contribution in [3.8, 4) is 81.4 Å². The van der Waals surface area contributed by atoms with Crippen molar-refractivity contribution < 1.29 is 8.83 Å². The summed E-state index contributed by atoms with van der Waals surface area (Å²) >= 11 is 0. The molecular weight excluding hydrogens is 845 g/mol. The Morgan fingerprint density at radius 2 is 0.662 bits per heavy atom. The fraction of sp³-hybridized carbons (Fsp3) is 0. The van der Waals surface area contributed by atoms with Crippen molar-refractivity contribution in [3.05, 3.63) is 226 Å². The molecule has 0 saturated carbocycles. The first kappa shape index (κ1) is 41.3. The zero-order valence-electron chi connectivity index (χ0n) is 35.3. The lowest BCUT2D eigenvalue weighted by molar-refractivity contribution is 0.540. The van der Waals surface area contributed by atoms with E-state index in [1.165, 1.54) is 24.3 Å². The van der Waals surface area contributed by atoms with Gasteiger partial charge in [0, 0.05) is 55.7 Å². The summed E-state index contributed by atoms with van der Waals surface area (Å²) in [6, 6.07) is 60.0. The van der Waals surface area contributed by atoms with Crippen molar-refractivity contribution in [1.82, 2.24) is 19.9 Å². The number of nitriles is 6. The quantitative estimate of drug-likeness (QED) is 0.130. The highest BCUT2D eigenvalue weighted by molar-refractivity contribution is 6.15. The van der Waals surface area contributed by atoms with Gasteiger partial charge in [0.25, 0.3) is 0 Å². The third-order valence-corrected chi connectivity index (χ3v) is 11.3. The molecule has 4 aromatic heterocycles. The predicted octanol–water partition coefficient (Wildman–Crippen LogP) is 11.4. The van der Waals surface area contributed by atoms with E-state index in [2.05, 4.69) is 24.3 Å². The van der Waals surface area contributed by atoms with Crippen LogP contribution in [0.5, 0.6) is 0 Å². The van der Waals surface area contributed by atoms with Gasteiger partial charge in [-0.25, -0.2) is 19.9 Å². The molecule has 0 N–H and O–H groups in total. The molecule has 0 saturated heterocycles. The summed E-state index contributed by atoms with van der Waals surface area (Å²) in [7, 11) is 0. The van der Waals surface area contributed by atoms with Gasteiger partial charge in [0.05, 0.1) is 33.9 Å². The minimum Gasteiger partial charge on any atom is -0.445 e. The molecule has 0 amide bonds. The van der Waals surface area contributed by atoms with Crippen LogP contribution < -0.4 is 0 Å². The number of benzene rings is 4. The molecule has 12 nitrogen and oxygen atoms in total. The van der Waals surface area contributed by atoms with E-state index in [1.54, 1.807) is 0 Å². The maximum absolute atomic E-state index is 11.6. The Morgan fingerprint density at radius 3 is 0.912 bits per heavy atom. The van der Waals surface area contributed by atoms with Crippen LogP contribution in [0.25, 0.3) is 67.3 Å². The van der Waals surface area contributed by atoms with E-state index in [0.29, 0.717) is 22.8 Å². The highest BCUT2D eigenvalue weighted by Gasteiger charge is 2.46. The van der Waals surface area contributed by atoms with Gasteiger partial charge in [-0.15, -0.1) is 0 Å². The Bertz CT molecular complexity index is 3460. The van der Waals surface area contributed by atoms with Crippen molar-refractivity contribution in [2.45, 2.75) is 0 Å². The second-order valence-electron chi connectivity index (χ2n) is 15.1. The van der Waals surface area contributed by atoms with Crippen LogP contribution in [0.1, 0.15) is 34.7 Å². The second-order valence-corrected chi connectivity index (χ2v) is 15.1. The average Bonchev–Trinajstić information content (AvgIpc) is 4.22. The summed E-state index contributed by atoms with van der Waals surface area (Å²) < 4.78 is 11.9. The number of hydrogen-bond donors (Lipinski definition) is 0. The molecular formula is C56H26N10O2. The zero-order chi connectivity index (χ0) is 46.7. The van der Waals surface area contributed by atoms with Crippen LogP contribution in [0.4, 0.5) is 0 Å². The minimum atomic E-state index is -0.158. The Morgan fingerprint density at radius 1 is 0.353 bits per heavy atom. The van der Waals surface area contributed by atoms with Crippen molar-refractivity contribution in [3.63, 3.8) is 0 Å². The summed E-state index contributed by atoms with van der Waals surface area (Å²) in [5, 5.41) is 65.5. The number of furan rings is 2. The lowest BCUT2D eigenvalue weighted by atomic mass is 9.88. The van der Waals surface area contributed by atoms with Crippen LogP contribution in [0.2, 0.25) is 0 Å². The average molecular weight is 871 g/mol. The number of nitrogens with zero attached hydrogens (tertiary/aromatic N) is 10. The molecule has 10 rings (SSSR count). The Labute approximate surface area is 388 Å². The lowest BCUT2D eigenvalue weighted by Gasteiger charge is -2.17. The smallest absolute Gasteiger partial charge is 0.204 e. The molecule has 68 heavy (non-hydrogen) atoms. The maximum Gasteiger partial charge on any atom is 0.204 e. The largest absolute Gasteiger partial charge is 0.445 e. The molecule has 4 aromatic carbocycles. The van der Waals surface area contributed by atoms with E-state index in [1.807, 2.05) is 146 Å². The maximum atomic E-state index is 11.6. The molecule has 0 atom stereocenters. The Kier molecular flexibility index (Phi) is 10.6. The van der Waals surface area contributed by atoms with E-state index in [-0.39, 0.29) is 90.4 Å². The molecule has 0 radical (unpaired) electrons. The molecule has 0 aliphatic heterocycles. The highest BCUT2D eigenvalue weighted by atomic mass is 16.3. The van der Waals surface area contributed by atoms with Gasteiger partial charge >= 0.3 is 0 Å². The van der Waals surface area contributed by atoms with Gasteiger partial charge in [0.15, 0.2) is 11.6 Å². The fourth-order valence-electron chi connectivity index (χ4n) is 8.35. The van der Waals surface area contributed by atoms with E-state index in [4.69, 9.17) is 28.8 Å². The van der Waals surface area contributed by atoms with Crippen LogP contribution in [0, 0.1) is 68.0 Å². The van der Waals surface area contributed by atoms with Gasteiger partial charge in [-0.1, -0.05) is 121 Å². The summed E-state index contributed by atoms with van der Waals surface area (Å²) in [4.78, 5) is 20.3. The lowest BCUT2D eigenvalue weighted by Crippen LogP contribution is -2.07. The van der Waals surface area contributed by atoms with Crippen molar-refractivity contribution in [2.24, 2.45) is 0 Å². The molecule has 2 aliphatic rings. The van der Waals surface area contributed by atoms with E-state index in [0.717, 1.165) is 22.3 Å². The van der Waals surface area contributed by atoms with Crippen LogP contribution in [-0.2, 0) is 0 Å². The molecule has 0 spiro atoms. The van der Waals surface area contributed by atoms with Crippen LogP contribution in [0.3, 0.4) is 0 Å². The SMILES string of the molecule is N#CC1=C(c2nc(-c3ccccc3)cc(-c3ccccc3)n2)/C(=C(\C#N)c2ccc(C#N)o2)C2=C1/C(=C(/C#N)c1ccc(C#N)o1)C(c1nc(-c3ccccc3)cc(-c3ccccc3)n1)=C2C#N. The summed E-state index contributed by atoms with van der Waals surface area (Å²) in [5.41, 5.74) is 4.65. The van der Waals surface area contributed by atoms with E-state index in [9.17, 15) is 31.6 Å². The topological polar surface area (TPSA) is 221 Å². The van der Waals surface area contributed by atoms with E-state index >= 15 is 0 Å². The van der Waals surface area contributed by atoms with Crippen LogP contribution >= 0.6 is 0 Å². The highest BCUT2D eigenvalue weighted by Crippen LogP contribution is 2.59. The summed E-state index contributed by atoms with van der Waals surface area (Å²) in [5.74, 6) is -0.245. The van der Waals surface area contributed by atoms with Crippen molar-refractivity contribution in [1.29, 1.82) is 31.6 Å². The monoisotopic (exact) mass is 870 g/mol. The van der Waals surface area contributed by atoms with Gasteiger partial charge in [-0.3, -0.25) is 0 Å². The number of allylic oxidation sites excluding steroid dienone is 10. The van der Waals surface area contributed by atoms with Gasteiger partial charge in [0.2, 0.25) is 11.5 Å². The molecule has 12 heteroatoms. The minimum absolute atomic E-state index is 0.0149. The second kappa shape index (κ2) is 17.4. The first-order valence-corrected chi connectivity index (χ1v) is 20.8. The molecule has 0 bridgehead atoms. The Hall–Kier alpha value is -10.8. The molecule has 0 fully saturated rings. The predicted molar refractivity (Wildman–Crippen MR) is 250 cm³/mol. The standard InChI is InChI=1S/C56H26N10O2/c57-27-37-21-23-47(67-37)39(29-59)49-52-42(32-62)54(56-65-45(35-17-9-3-10-18-35)26-46(66-56)36-19-11-4-12-20-36)50(40(30-60)48-24-22-38(28-58)68-48)51(52)41(31-61)53(49)55-63-43(33-13-5-1-6-14-33)25-44(64-55)34-15-7-2-8-16-34/h1-26H/b49-39+,50-40+. The number of hydrogen-bond acceptors (Lipinski definition) is 12. The Balaban J connectivity index is 1.36. The fourth-order valence-corrected chi connectivity index (χ4v) is 8.35. The third kappa shape index (κ3) is 7.10. The molecule has 2 aliphatic carbocycles. The summed E-state index contributed by atoms with van der Waals surface area (Å²) in [6.07, 6.45) is 0. The number of aromatic nitrogens is 4. The number of rotatable bonds is 8. The summed E-state index contributed by atoms with van der Waals surface area (Å²) in [6.45, 7) is 0. The van der Waals surface area contributed by atoms with E-state index < -0.39 is 0 Å². The molecule has 4 heterocycles. The molecule has 8 aromatic rings. The van der Waals surface area contributed by atoms with Crippen molar-refractivity contribution >= 4 is 22.3 Å². The normalized spacial score (nSPS) is 14.3. The molecule has 0 unspecified atom stereocenters. The van der Waals surface area contributed by atoms with Gasteiger partial charge in [-0.05, 0) is 36.4 Å². The first-order chi connectivity index (χ1) is 33.5. The molecule has 312 valence electrons. The van der Waals surface area contributed by atoms with Gasteiger partial charge in [0.1, 0.15) is 59.1 Å². The third-order valence-electron chi connectivity index (χ3n) is 11.3. The van der Waals surface area contributed by atoms with Crippen LogP contribution in [0.15, 0.2) is 200 Å². The van der Waals surface area contributed by atoms with Gasteiger partial charge in [-0.2, -0.15) is 31.6 Å². The zero-order valence-corrected chi connectivity index (χ0v) is 35.3. The van der Waals surface area contributed by atoms with Crippen molar-refractivity contribution in [2.75, 3.05) is 0 Å².